The van der Waals surface area contributed by atoms with Crippen LogP contribution in [-0.4, -0.2) is 16.1 Å². The van der Waals surface area contributed by atoms with Crippen molar-refractivity contribution in [3.05, 3.63) is 41.7 Å². The molecule has 0 saturated heterocycles. The van der Waals surface area contributed by atoms with Crippen molar-refractivity contribution < 1.29 is 9.90 Å². The number of hydrogen-bond donors (Lipinski definition) is 1. The monoisotopic (exact) mass is 262 g/mol. The van der Waals surface area contributed by atoms with E-state index in [1.54, 1.807) is 11.8 Å². The molecule has 0 heterocycles. The van der Waals surface area contributed by atoms with Crippen LogP contribution in [0, 0.1) is 5.92 Å². The van der Waals surface area contributed by atoms with Gasteiger partial charge < -0.3 is 5.11 Å². The normalized spacial score (nSPS) is 17.6. The summed E-state index contributed by atoms with van der Waals surface area (Å²) in [6, 6.07) is 10.0. The SMILES string of the molecule is CC(C)C(Sc1ccccc1)C1=C(O)CCC1=O. The second-order valence-electron chi connectivity index (χ2n) is 4.88. The van der Waals surface area contributed by atoms with Crippen LogP contribution in [0.3, 0.4) is 0 Å². The Hall–Kier alpha value is -1.22. The average molecular weight is 262 g/mol. The van der Waals surface area contributed by atoms with Gasteiger partial charge in [0, 0.05) is 28.6 Å². The summed E-state index contributed by atoms with van der Waals surface area (Å²) < 4.78 is 0. The van der Waals surface area contributed by atoms with Crippen molar-refractivity contribution in [3.8, 4) is 0 Å². The molecular formula is C15H18O2S. The van der Waals surface area contributed by atoms with Gasteiger partial charge >= 0.3 is 0 Å². The van der Waals surface area contributed by atoms with Crippen molar-refractivity contribution in [1.29, 1.82) is 0 Å². The number of ketones is 1. The van der Waals surface area contributed by atoms with Crippen LogP contribution in [0.5, 0.6) is 0 Å². The molecule has 1 atom stereocenters. The van der Waals surface area contributed by atoms with Gasteiger partial charge in [-0.05, 0) is 18.1 Å². The highest BCUT2D eigenvalue weighted by atomic mass is 32.2. The van der Waals surface area contributed by atoms with Crippen LogP contribution in [0.1, 0.15) is 26.7 Å². The Balaban J connectivity index is 2.25. The zero-order chi connectivity index (χ0) is 13.1. The first-order chi connectivity index (χ1) is 8.59. The predicted octanol–water partition coefficient (Wildman–Crippen LogP) is 3.98. The summed E-state index contributed by atoms with van der Waals surface area (Å²) in [5, 5.41) is 9.95. The van der Waals surface area contributed by atoms with Gasteiger partial charge in [0.25, 0.3) is 0 Å². The molecule has 0 amide bonds. The molecule has 2 rings (SSSR count). The van der Waals surface area contributed by atoms with Crippen molar-refractivity contribution in [2.24, 2.45) is 5.92 Å². The third kappa shape index (κ3) is 2.78. The zero-order valence-electron chi connectivity index (χ0n) is 10.7. The standard InChI is InChI=1S/C15H18O2S/c1-10(2)15(14-12(16)8-9-13(14)17)18-11-6-4-3-5-7-11/h3-7,10,15-16H,8-9H2,1-2H3. The number of allylic oxidation sites excluding steroid dienone is 1. The molecule has 2 nitrogen and oxygen atoms in total. The van der Waals surface area contributed by atoms with Gasteiger partial charge in [0.15, 0.2) is 5.78 Å². The molecule has 3 heteroatoms. The van der Waals surface area contributed by atoms with Crippen molar-refractivity contribution in [2.45, 2.75) is 36.8 Å². The molecule has 1 aromatic carbocycles. The summed E-state index contributed by atoms with van der Waals surface area (Å²) in [6.07, 6.45) is 0.965. The van der Waals surface area contributed by atoms with Gasteiger partial charge in [-0.15, -0.1) is 11.8 Å². The highest BCUT2D eigenvalue weighted by molar-refractivity contribution is 8.00. The van der Waals surface area contributed by atoms with E-state index in [4.69, 9.17) is 0 Å². The Bertz CT molecular complexity index is 463. The van der Waals surface area contributed by atoms with E-state index in [0.29, 0.717) is 30.1 Å². The number of aliphatic hydroxyl groups is 1. The fourth-order valence-corrected chi connectivity index (χ4v) is 3.42. The Morgan fingerprint density at radius 1 is 1.17 bits per heavy atom. The number of aliphatic hydroxyl groups excluding tert-OH is 1. The number of hydrogen-bond acceptors (Lipinski definition) is 3. The van der Waals surface area contributed by atoms with Crippen molar-refractivity contribution in [3.63, 3.8) is 0 Å². The van der Waals surface area contributed by atoms with E-state index in [0.717, 1.165) is 4.90 Å². The zero-order valence-corrected chi connectivity index (χ0v) is 11.5. The minimum absolute atomic E-state index is 0.0439. The Labute approximate surface area is 112 Å². The first-order valence-corrected chi connectivity index (χ1v) is 7.14. The second kappa shape index (κ2) is 5.61. The maximum Gasteiger partial charge on any atom is 0.163 e. The lowest BCUT2D eigenvalue weighted by atomic mass is 10.0. The number of carbonyl (C=O) groups excluding carboxylic acids is 1. The number of carbonyl (C=O) groups is 1. The summed E-state index contributed by atoms with van der Waals surface area (Å²) in [6.45, 7) is 4.18. The predicted molar refractivity (Wildman–Crippen MR) is 74.8 cm³/mol. The highest BCUT2D eigenvalue weighted by Crippen LogP contribution is 2.38. The maximum absolute atomic E-state index is 11.9. The molecular weight excluding hydrogens is 244 g/mol. The Morgan fingerprint density at radius 3 is 2.33 bits per heavy atom. The quantitative estimate of drug-likeness (QED) is 0.834. The van der Waals surface area contributed by atoms with Crippen LogP contribution < -0.4 is 0 Å². The van der Waals surface area contributed by atoms with E-state index in [9.17, 15) is 9.90 Å². The van der Waals surface area contributed by atoms with Crippen LogP contribution in [0.2, 0.25) is 0 Å². The highest BCUT2D eigenvalue weighted by Gasteiger charge is 2.32. The van der Waals surface area contributed by atoms with Crippen LogP contribution in [-0.2, 0) is 4.79 Å². The van der Waals surface area contributed by atoms with E-state index < -0.39 is 0 Å². The fraction of sp³-hybridized carbons (Fsp3) is 0.400. The van der Waals surface area contributed by atoms with E-state index in [-0.39, 0.29) is 11.0 Å². The van der Waals surface area contributed by atoms with Crippen LogP contribution in [0.15, 0.2) is 46.6 Å². The third-order valence-electron chi connectivity index (χ3n) is 3.10. The molecule has 1 aliphatic carbocycles. The third-order valence-corrected chi connectivity index (χ3v) is 4.67. The molecule has 1 aromatic rings. The lowest BCUT2D eigenvalue weighted by Crippen LogP contribution is -2.19. The van der Waals surface area contributed by atoms with E-state index >= 15 is 0 Å². The molecule has 0 saturated carbocycles. The molecule has 0 radical (unpaired) electrons. The summed E-state index contributed by atoms with van der Waals surface area (Å²) in [7, 11) is 0. The molecule has 18 heavy (non-hydrogen) atoms. The molecule has 0 spiro atoms. The van der Waals surface area contributed by atoms with Gasteiger partial charge in [0.05, 0.1) is 0 Å². The first-order valence-electron chi connectivity index (χ1n) is 6.26. The van der Waals surface area contributed by atoms with Gasteiger partial charge in [-0.1, -0.05) is 32.0 Å². The Morgan fingerprint density at radius 2 is 1.83 bits per heavy atom. The van der Waals surface area contributed by atoms with E-state index in [2.05, 4.69) is 13.8 Å². The smallest absolute Gasteiger partial charge is 0.163 e. The number of benzene rings is 1. The van der Waals surface area contributed by atoms with Crippen molar-refractivity contribution >= 4 is 17.5 Å². The first kappa shape index (κ1) is 13.2. The summed E-state index contributed by atoms with van der Waals surface area (Å²) in [5.74, 6) is 0.714. The molecule has 1 N–H and O–H groups in total. The van der Waals surface area contributed by atoms with Crippen molar-refractivity contribution in [1.82, 2.24) is 0 Å². The van der Waals surface area contributed by atoms with Gasteiger partial charge in [0.2, 0.25) is 0 Å². The molecule has 1 aliphatic rings. The second-order valence-corrected chi connectivity index (χ2v) is 6.09. The number of thioether (sulfide) groups is 1. The molecule has 1 unspecified atom stereocenters. The summed E-state index contributed by atoms with van der Waals surface area (Å²) in [5.41, 5.74) is 0.638. The van der Waals surface area contributed by atoms with Gasteiger partial charge in [-0.25, -0.2) is 0 Å². The topological polar surface area (TPSA) is 37.3 Å². The largest absolute Gasteiger partial charge is 0.512 e. The summed E-state index contributed by atoms with van der Waals surface area (Å²) in [4.78, 5) is 13.0. The number of rotatable bonds is 4. The fourth-order valence-electron chi connectivity index (χ4n) is 2.16. The molecule has 0 aromatic heterocycles. The van der Waals surface area contributed by atoms with E-state index in [1.165, 1.54) is 0 Å². The van der Waals surface area contributed by atoms with Crippen LogP contribution in [0.4, 0.5) is 0 Å². The number of Topliss-reactive ketones (excluding diaryl/α,β-unsaturated/α-hetero) is 1. The van der Waals surface area contributed by atoms with Gasteiger partial charge in [0.1, 0.15) is 5.76 Å². The maximum atomic E-state index is 11.9. The Kier molecular flexibility index (Phi) is 4.12. The van der Waals surface area contributed by atoms with Crippen LogP contribution in [0.25, 0.3) is 0 Å². The average Bonchev–Trinajstić information content (AvgIpc) is 2.67. The minimum Gasteiger partial charge on any atom is -0.512 e. The van der Waals surface area contributed by atoms with Gasteiger partial charge in [-0.3, -0.25) is 4.79 Å². The van der Waals surface area contributed by atoms with Crippen LogP contribution >= 0.6 is 11.8 Å². The molecule has 0 fully saturated rings. The lowest BCUT2D eigenvalue weighted by Gasteiger charge is -2.21. The van der Waals surface area contributed by atoms with Gasteiger partial charge in [-0.2, -0.15) is 0 Å². The lowest BCUT2D eigenvalue weighted by molar-refractivity contribution is -0.115. The van der Waals surface area contributed by atoms with Crippen molar-refractivity contribution in [2.75, 3.05) is 0 Å². The van der Waals surface area contributed by atoms with E-state index in [1.807, 2.05) is 30.3 Å². The molecule has 0 bridgehead atoms. The summed E-state index contributed by atoms with van der Waals surface area (Å²) >= 11 is 1.66. The molecule has 0 aliphatic heterocycles. The minimum atomic E-state index is 0.0439. The molecule has 96 valence electrons.